The highest BCUT2D eigenvalue weighted by Gasteiger charge is 2.47. The molecule has 116 valence electrons. The number of hydrogen-bond acceptors (Lipinski definition) is 3. The van der Waals surface area contributed by atoms with Gasteiger partial charge in [0, 0.05) is 13.1 Å². The van der Waals surface area contributed by atoms with Gasteiger partial charge in [0.1, 0.15) is 0 Å². The number of ether oxygens (including phenoxy) is 1. The smallest absolute Gasteiger partial charge is 0.309 e. The molecule has 2 fully saturated rings. The van der Waals surface area contributed by atoms with Gasteiger partial charge in [0.2, 0.25) is 6.41 Å². The van der Waals surface area contributed by atoms with E-state index in [0.717, 1.165) is 38.8 Å². The first-order valence-electron chi connectivity index (χ1n) is 7.76. The number of likely N-dealkylation sites (tertiary alicyclic amines) is 1. The number of carbonyl (C=O) groups is 2. The Hall–Kier alpha value is -1.06. The molecule has 20 heavy (non-hydrogen) atoms. The fraction of sp³-hybridized carbons (Fsp3) is 0.875. The molecular weight excluding hydrogens is 254 g/mol. The number of hydrogen-bond donors (Lipinski definition) is 0. The fourth-order valence-electron chi connectivity index (χ4n) is 3.39. The minimum absolute atomic E-state index is 0.0197. The number of carbonyl (C=O) groups excluding carboxylic acids is 2. The van der Waals surface area contributed by atoms with Crippen molar-refractivity contribution in [3.63, 3.8) is 0 Å². The Morgan fingerprint density at radius 1 is 1.35 bits per heavy atom. The van der Waals surface area contributed by atoms with E-state index < -0.39 is 0 Å². The van der Waals surface area contributed by atoms with Crippen molar-refractivity contribution in [1.82, 2.24) is 4.90 Å². The van der Waals surface area contributed by atoms with Crippen molar-refractivity contribution >= 4 is 12.4 Å². The van der Waals surface area contributed by atoms with Crippen LogP contribution in [0, 0.1) is 17.3 Å². The van der Waals surface area contributed by atoms with Crippen LogP contribution in [-0.2, 0) is 14.3 Å². The average Bonchev–Trinajstić information content (AvgIpc) is 3.09. The zero-order valence-electron chi connectivity index (χ0n) is 13.4. The number of rotatable bonds is 3. The molecule has 0 aromatic heterocycles. The highest BCUT2D eigenvalue weighted by molar-refractivity contribution is 5.73. The summed E-state index contributed by atoms with van der Waals surface area (Å²) in [5.41, 5.74) is 0.160. The van der Waals surface area contributed by atoms with Crippen molar-refractivity contribution in [2.24, 2.45) is 17.3 Å². The molecule has 1 saturated heterocycles. The number of amides is 1. The second kappa shape index (κ2) is 7.65. The van der Waals surface area contributed by atoms with Gasteiger partial charge in [-0.1, -0.05) is 20.8 Å². The lowest BCUT2D eigenvalue weighted by Gasteiger charge is -2.32. The lowest BCUT2D eigenvalue weighted by molar-refractivity contribution is -0.149. The fourth-order valence-corrected chi connectivity index (χ4v) is 3.39. The Morgan fingerprint density at radius 3 is 2.35 bits per heavy atom. The Labute approximate surface area is 122 Å². The summed E-state index contributed by atoms with van der Waals surface area (Å²) >= 11 is 0. The van der Waals surface area contributed by atoms with E-state index in [9.17, 15) is 9.59 Å². The zero-order valence-corrected chi connectivity index (χ0v) is 13.4. The van der Waals surface area contributed by atoms with Gasteiger partial charge < -0.3 is 9.64 Å². The molecule has 0 unspecified atom stereocenters. The molecule has 0 aromatic carbocycles. The van der Waals surface area contributed by atoms with Gasteiger partial charge in [-0.15, -0.1) is 0 Å². The van der Waals surface area contributed by atoms with Crippen LogP contribution in [0.15, 0.2) is 0 Å². The van der Waals surface area contributed by atoms with E-state index in [1.165, 1.54) is 20.0 Å². The lowest BCUT2D eigenvalue weighted by Crippen LogP contribution is -2.32. The van der Waals surface area contributed by atoms with Crippen molar-refractivity contribution < 1.29 is 14.3 Å². The summed E-state index contributed by atoms with van der Waals surface area (Å²) in [6.07, 6.45) is 6.53. The van der Waals surface area contributed by atoms with E-state index in [0.29, 0.717) is 5.92 Å². The maximum atomic E-state index is 11.5. The van der Waals surface area contributed by atoms with Crippen LogP contribution in [0.5, 0.6) is 0 Å². The van der Waals surface area contributed by atoms with Gasteiger partial charge in [0.05, 0.1) is 13.0 Å². The molecule has 0 radical (unpaired) electrons. The zero-order chi connectivity index (χ0) is 15.2. The minimum Gasteiger partial charge on any atom is -0.469 e. The van der Waals surface area contributed by atoms with Crippen LogP contribution >= 0.6 is 0 Å². The maximum Gasteiger partial charge on any atom is 0.309 e. The van der Waals surface area contributed by atoms with Crippen LogP contribution in [0.1, 0.15) is 52.9 Å². The Morgan fingerprint density at radius 2 is 1.95 bits per heavy atom. The van der Waals surface area contributed by atoms with Crippen molar-refractivity contribution in [2.45, 2.75) is 52.9 Å². The highest BCUT2D eigenvalue weighted by Crippen LogP contribution is 2.50. The van der Waals surface area contributed by atoms with Crippen molar-refractivity contribution in [2.75, 3.05) is 20.2 Å². The van der Waals surface area contributed by atoms with Gasteiger partial charge in [-0.3, -0.25) is 9.59 Å². The summed E-state index contributed by atoms with van der Waals surface area (Å²) in [6, 6.07) is 0. The molecule has 3 atom stereocenters. The molecule has 1 amide bonds. The molecule has 1 aliphatic heterocycles. The van der Waals surface area contributed by atoms with Gasteiger partial charge in [0.15, 0.2) is 0 Å². The van der Waals surface area contributed by atoms with E-state index in [2.05, 4.69) is 20.8 Å². The van der Waals surface area contributed by atoms with Crippen LogP contribution in [-0.4, -0.2) is 37.5 Å². The van der Waals surface area contributed by atoms with E-state index >= 15 is 0 Å². The molecule has 0 bridgehead atoms. The third kappa shape index (κ3) is 3.74. The first-order valence-corrected chi connectivity index (χ1v) is 7.76. The van der Waals surface area contributed by atoms with Gasteiger partial charge in [-0.25, -0.2) is 0 Å². The third-order valence-electron chi connectivity index (χ3n) is 5.35. The average molecular weight is 283 g/mol. The summed E-state index contributed by atoms with van der Waals surface area (Å²) in [5.74, 6) is 0.743. The normalized spacial score (nSPS) is 32.5. The van der Waals surface area contributed by atoms with Gasteiger partial charge in [-0.05, 0) is 43.4 Å². The minimum atomic E-state index is -0.0197. The Kier molecular flexibility index (Phi) is 6.50. The molecule has 1 aliphatic carbocycles. The van der Waals surface area contributed by atoms with Gasteiger partial charge in [-0.2, -0.15) is 0 Å². The first-order chi connectivity index (χ1) is 9.49. The molecule has 0 N–H and O–H groups in total. The van der Waals surface area contributed by atoms with Crippen molar-refractivity contribution in [3.8, 4) is 0 Å². The summed E-state index contributed by atoms with van der Waals surface area (Å²) in [5, 5.41) is 0. The van der Waals surface area contributed by atoms with Crippen LogP contribution in [0.25, 0.3) is 0 Å². The topological polar surface area (TPSA) is 46.6 Å². The van der Waals surface area contributed by atoms with E-state index in [1.807, 2.05) is 0 Å². The highest BCUT2D eigenvalue weighted by atomic mass is 16.5. The molecule has 1 saturated carbocycles. The number of esters is 1. The van der Waals surface area contributed by atoms with Crippen LogP contribution in [0.2, 0.25) is 0 Å². The largest absolute Gasteiger partial charge is 0.469 e. The number of methoxy groups -OCH3 is 1. The summed E-state index contributed by atoms with van der Waals surface area (Å²) in [4.78, 5) is 23.3. The summed E-state index contributed by atoms with van der Waals surface area (Å²) in [6.45, 7) is 8.57. The predicted molar refractivity (Wildman–Crippen MR) is 79.2 cm³/mol. The Bertz CT molecular complexity index is 326. The molecule has 1 heterocycles. The number of nitrogens with zero attached hydrogens (tertiary/aromatic N) is 1. The van der Waals surface area contributed by atoms with Gasteiger partial charge in [0.25, 0.3) is 0 Å². The first kappa shape index (κ1) is 17.0. The van der Waals surface area contributed by atoms with Crippen LogP contribution in [0.4, 0.5) is 0 Å². The molecule has 4 heteroatoms. The lowest BCUT2D eigenvalue weighted by atomic mass is 9.72. The van der Waals surface area contributed by atoms with Crippen LogP contribution < -0.4 is 0 Å². The second-order valence-corrected chi connectivity index (χ2v) is 6.26. The van der Waals surface area contributed by atoms with E-state index in [-0.39, 0.29) is 17.3 Å². The molecule has 2 aliphatic rings. The van der Waals surface area contributed by atoms with Crippen LogP contribution in [0.3, 0.4) is 0 Å². The second-order valence-electron chi connectivity index (χ2n) is 6.26. The van der Waals surface area contributed by atoms with Gasteiger partial charge >= 0.3 is 5.97 Å². The molecule has 2 rings (SSSR count). The van der Waals surface area contributed by atoms with E-state index in [1.54, 1.807) is 4.90 Å². The SMILES string of the molecule is CC[C@@]1(C)[C@H](C)CC[C@@H]1C(=O)OC.O=CN1CCCC1. The van der Waals surface area contributed by atoms with Crippen molar-refractivity contribution in [3.05, 3.63) is 0 Å². The van der Waals surface area contributed by atoms with Crippen molar-refractivity contribution in [1.29, 1.82) is 0 Å². The predicted octanol–water partition coefficient (Wildman–Crippen LogP) is 2.86. The summed E-state index contributed by atoms with van der Waals surface area (Å²) < 4.78 is 4.84. The molecular formula is C16H29NO3. The quantitative estimate of drug-likeness (QED) is 0.591. The maximum absolute atomic E-state index is 11.5. The summed E-state index contributed by atoms with van der Waals surface area (Å²) in [7, 11) is 1.49. The van der Waals surface area contributed by atoms with E-state index in [4.69, 9.17) is 4.74 Å². The molecule has 4 nitrogen and oxygen atoms in total. The standard InChI is InChI=1S/C11H20O2.C5H9NO/c1-5-11(3)8(2)6-7-9(11)10(12)13-4;7-5-6-3-1-2-4-6/h8-9H,5-7H2,1-4H3;5H,1-4H2/t8-,9-,11+;/m1./s1. The molecule has 0 aromatic rings. The molecule has 0 spiro atoms. The third-order valence-corrected chi connectivity index (χ3v) is 5.35. The Balaban J connectivity index is 0.000000240. The monoisotopic (exact) mass is 283 g/mol.